The molecule has 2 heterocycles. The summed E-state index contributed by atoms with van der Waals surface area (Å²) in [5.41, 5.74) is 1.48. The van der Waals surface area contributed by atoms with E-state index in [-0.39, 0.29) is 43.0 Å². The molecule has 0 unspecified atom stereocenters. The van der Waals surface area contributed by atoms with Crippen molar-refractivity contribution >= 4 is 40.7 Å². The van der Waals surface area contributed by atoms with E-state index in [4.69, 9.17) is 0 Å². The molecule has 0 spiro atoms. The topological polar surface area (TPSA) is 95.6 Å². The van der Waals surface area contributed by atoms with Crippen molar-refractivity contribution in [1.82, 2.24) is 10.2 Å². The fourth-order valence-corrected chi connectivity index (χ4v) is 3.48. The maximum atomic E-state index is 12.0. The molecule has 146 valence electrons. The first-order chi connectivity index (χ1) is 13.5. The lowest BCUT2D eigenvalue weighted by atomic mass is 10.2. The van der Waals surface area contributed by atoms with Crippen LogP contribution in [0.4, 0.5) is 5.69 Å². The van der Waals surface area contributed by atoms with Crippen LogP contribution < -0.4 is 10.6 Å². The van der Waals surface area contributed by atoms with Gasteiger partial charge in [0.1, 0.15) is 0 Å². The van der Waals surface area contributed by atoms with Crippen LogP contribution in [0.25, 0.3) is 0 Å². The Hall–Kier alpha value is -3.00. The molecule has 1 saturated heterocycles. The van der Waals surface area contributed by atoms with Crippen LogP contribution in [0.3, 0.4) is 0 Å². The van der Waals surface area contributed by atoms with E-state index < -0.39 is 0 Å². The van der Waals surface area contributed by atoms with Gasteiger partial charge in [0.15, 0.2) is 0 Å². The average Bonchev–Trinajstić information content (AvgIpc) is 3.33. The number of likely N-dealkylation sites (tertiary alicyclic amines) is 1. The van der Waals surface area contributed by atoms with Crippen LogP contribution in [-0.4, -0.2) is 35.1 Å². The molecule has 1 aromatic heterocycles. The van der Waals surface area contributed by atoms with E-state index in [2.05, 4.69) is 10.6 Å². The zero-order chi connectivity index (χ0) is 19.9. The number of anilines is 1. The lowest BCUT2D eigenvalue weighted by molar-refractivity contribution is -0.139. The van der Waals surface area contributed by atoms with Crippen LogP contribution in [0.5, 0.6) is 0 Å². The van der Waals surface area contributed by atoms with E-state index >= 15 is 0 Å². The van der Waals surface area contributed by atoms with Crippen LogP contribution in [0.15, 0.2) is 41.8 Å². The van der Waals surface area contributed by atoms with E-state index in [0.29, 0.717) is 30.0 Å². The molecule has 1 aliphatic rings. The zero-order valence-electron chi connectivity index (χ0n) is 15.3. The summed E-state index contributed by atoms with van der Waals surface area (Å²) in [7, 11) is 0. The Morgan fingerprint density at radius 2 is 1.75 bits per heavy atom. The highest BCUT2D eigenvalue weighted by molar-refractivity contribution is 7.12. The largest absolute Gasteiger partial charge is 0.351 e. The lowest BCUT2D eigenvalue weighted by Crippen LogP contribution is -2.28. The van der Waals surface area contributed by atoms with Crippen molar-refractivity contribution in [3.8, 4) is 0 Å². The van der Waals surface area contributed by atoms with Crippen molar-refractivity contribution in [3.63, 3.8) is 0 Å². The van der Waals surface area contributed by atoms with Gasteiger partial charge in [-0.25, -0.2) is 0 Å². The van der Waals surface area contributed by atoms with Crippen molar-refractivity contribution < 1.29 is 19.2 Å². The van der Waals surface area contributed by atoms with Gasteiger partial charge in [-0.1, -0.05) is 18.2 Å². The van der Waals surface area contributed by atoms with E-state index in [9.17, 15) is 19.2 Å². The number of hydrogen-bond acceptors (Lipinski definition) is 5. The summed E-state index contributed by atoms with van der Waals surface area (Å²) in [5.74, 6) is -0.550. The van der Waals surface area contributed by atoms with Crippen molar-refractivity contribution in [2.75, 3.05) is 11.9 Å². The predicted octanol–water partition coefficient (Wildman–Crippen LogP) is 2.55. The molecule has 0 atom stereocenters. The molecule has 1 aromatic carbocycles. The second-order valence-electron chi connectivity index (χ2n) is 6.46. The summed E-state index contributed by atoms with van der Waals surface area (Å²) in [6, 6.07) is 10.6. The minimum absolute atomic E-state index is 0.124. The normalized spacial score (nSPS) is 13.6. The van der Waals surface area contributed by atoms with Gasteiger partial charge in [-0.2, -0.15) is 0 Å². The van der Waals surface area contributed by atoms with Crippen LogP contribution in [-0.2, 0) is 20.9 Å². The van der Waals surface area contributed by atoms with Gasteiger partial charge in [0.25, 0.3) is 5.91 Å². The molecule has 3 rings (SSSR count). The minimum atomic E-state index is -0.145. The molecular weight excluding hydrogens is 378 g/mol. The molecule has 0 saturated carbocycles. The molecule has 8 heteroatoms. The molecular formula is C20H21N3O4S. The average molecular weight is 399 g/mol. The standard InChI is InChI=1S/C20H21N3O4S/c24-17(4-1-11-21-20(27)16-3-2-12-28-16)22-15-7-5-14(6-8-15)13-23-18(25)9-10-19(23)26/h2-3,5-8,12H,1,4,9-11,13H2,(H,21,27)(H,22,24). The Balaban J connectivity index is 1.39. The Bertz CT molecular complexity index is 846. The van der Waals surface area contributed by atoms with Gasteiger partial charge >= 0.3 is 0 Å². The Kier molecular flexibility index (Phi) is 6.54. The highest BCUT2D eigenvalue weighted by Gasteiger charge is 2.28. The maximum absolute atomic E-state index is 12.0. The van der Waals surface area contributed by atoms with E-state index in [0.717, 1.165) is 5.56 Å². The van der Waals surface area contributed by atoms with Crippen LogP contribution in [0, 0.1) is 0 Å². The molecule has 0 radical (unpaired) electrons. The highest BCUT2D eigenvalue weighted by atomic mass is 32.1. The van der Waals surface area contributed by atoms with E-state index in [1.807, 2.05) is 11.4 Å². The molecule has 2 N–H and O–H groups in total. The van der Waals surface area contributed by atoms with Crippen molar-refractivity contribution in [1.29, 1.82) is 0 Å². The smallest absolute Gasteiger partial charge is 0.261 e. The Morgan fingerprint density at radius 3 is 2.39 bits per heavy atom. The van der Waals surface area contributed by atoms with Crippen molar-refractivity contribution in [2.24, 2.45) is 0 Å². The molecule has 28 heavy (non-hydrogen) atoms. The van der Waals surface area contributed by atoms with Gasteiger partial charge in [-0.15, -0.1) is 11.3 Å². The third kappa shape index (κ3) is 5.26. The molecule has 1 aliphatic heterocycles. The summed E-state index contributed by atoms with van der Waals surface area (Å²) in [6.45, 7) is 0.691. The molecule has 4 amide bonds. The molecule has 0 aliphatic carbocycles. The number of rotatable bonds is 8. The van der Waals surface area contributed by atoms with Gasteiger partial charge in [0, 0.05) is 31.5 Å². The van der Waals surface area contributed by atoms with Gasteiger partial charge in [-0.3, -0.25) is 24.1 Å². The first-order valence-corrected chi connectivity index (χ1v) is 9.94. The number of benzene rings is 1. The summed E-state index contributed by atoms with van der Waals surface area (Å²) in [4.78, 5) is 49.0. The van der Waals surface area contributed by atoms with Crippen LogP contribution >= 0.6 is 11.3 Å². The minimum Gasteiger partial charge on any atom is -0.351 e. The number of amides is 4. The number of carbonyl (C=O) groups excluding carboxylic acids is 4. The first-order valence-electron chi connectivity index (χ1n) is 9.06. The summed E-state index contributed by atoms with van der Waals surface area (Å²) in [5, 5.41) is 7.43. The number of nitrogens with zero attached hydrogens (tertiary/aromatic N) is 1. The predicted molar refractivity (Wildman–Crippen MR) is 106 cm³/mol. The number of nitrogens with one attached hydrogen (secondary N) is 2. The number of thiophene rings is 1. The third-order valence-corrected chi connectivity index (χ3v) is 5.21. The summed E-state index contributed by atoms with van der Waals surface area (Å²) < 4.78 is 0. The summed E-state index contributed by atoms with van der Waals surface area (Å²) in [6.07, 6.45) is 1.39. The van der Waals surface area contributed by atoms with E-state index in [1.54, 1.807) is 30.3 Å². The highest BCUT2D eigenvalue weighted by Crippen LogP contribution is 2.17. The lowest BCUT2D eigenvalue weighted by Gasteiger charge is -2.14. The van der Waals surface area contributed by atoms with Crippen molar-refractivity contribution in [3.05, 3.63) is 52.2 Å². The maximum Gasteiger partial charge on any atom is 0.261 e. The van der Waals surface area contributed by atoms with Gasteiger partial charge in [0.05, 0.1) is 11.4 Å². The monoisotopic (exact) mass is 399 g/mol. The first kappa shape index (κ1) is 19.8. The molecule has 0 bridgehead atoms. The number of carbonyl (C=O) groups is 4. The zero-order valence-corrected chi connectivity index (χ0v) is 16.1. The van der Waals surface area contributed by atoms with Gasteiger partial charge < -0.3 is 10.6 Å². The van der Waals surface area contributed by atoms with Crippen LogP contribution in [0.1, 0.15) is 40.9 Å². The SMILES string of the molecule is O=C(CCCNC(=O)c1cccs1)Nc1ccc(CN2C(=O)CCC2=O)cc1. The second-order valence-corrected chi connectivity index (χ2v) is 7.40. The molecule has 7 nitrogen and oxygen atoms in total. The quantitative estimate of drug-likeness (QED) is 0.527. The second kappa shape index (κ2) is 9.27. The fraction of sp³-hybridized carbons (Fsp3) is 0.300. The Labute approximate surface area is 166 Å². The molecule has 1 fully saturated rings. The fourth-order valence-electron chi connectivity index (χ4n) is 2.84. The number of imide groups is 1. The van der Waals surface area contributed by atoms with Crippen molar-refractivity contribution in [2.45, 2.75) is 32.2 Å². The summed E-state index contributed by atoms with van der Waals surface area (Å²) >= 11 is 1.38. The third-order valence-electron chi connectivity index (χ3n) is 4.34. The molecule has 2 aromatic rings. The van der Waals surface area contributed by atoms with E-state index in [1.165, 1.54) is 16.2 Å². The van der Waals surface area contributed by atoms with Gasteiger partial charge in [0.2, 0.25) is 17.7 Å². The van der Waals surface area contributed by atoms with Crippen LogP contribution in [0.2, 0.25) is 0 Å². The number of hydrogen-bond donors (Lipinski definition) is 2. The van der Waals surface area contributed by atoms with Gasteiger partial charge in [-0.05, 0) is 35.6 Å². The Morgan fingerprint density at radius 1 is 1.04 bits per heavy atom.